The Hall–Kier alpha value is -2.34. The Kier molecular flexibility index (Phi) is 5.98. The van der Waals surface area contributed by atoms with Crippen molar-refractivity contribution in [3.05, 3.63) is 46.8 Å². The summed E-state index contributed by atoms with van der Waals surface area (Å²) in [6, 6.07) is 7.53. The number of carbonyl (C=O) groups excluding carboxylic acids is 1. The van der Waals surface area contributed by atoms with Gasteiger partial charge in [-0.25, -0.2) is 0 Å². The van der Waals surface area contributed by atoms with E-state index in [0.29, 0.717) is 5.56 Å². The Morgan fingerprint density at radius 2 is 2.12 bits per heavy atom. The van der Waals surface area contributed by atoms with Crippen molar-refractivity contribution in [3.8, 4) is 0 Å². The number of hydrogen-bond acceptors (Lipinski definition) is 4. The second-order valence-electron chi connectivity index (χ2n) is 5.87. The molecule has 1 aromatic heterocycles. The number of rotatable bonds is 7. The van der Waals surface area contributed by atoms with Crippen LogP contribution in [0, 0.1) is 13.8 Å². The highest BCUT2D eigenvalue weighted by Gasteiger charge is 2.19. The molecule has 2 rings (SSSR count). The van der Waals surface area contributed by atoms with Gasteiger partial charge in [0.15, 0.2) is 0 Å². The fraction of sp³-hybridized carbons (Fsp3) is 0.444. The molecule has 3 N–H and O–H groups in total. The number of aliphatic hydroxyl groups excluding tert-OH is 1. The van der Waals surface area contributed by atoms with Gasteiger partial charge >= 0.3 is 0 Å². The number of aromatic nitrogens is 2. The van der Waals surface area contributed by atoms with Gasteiger partial charge in [0.25, 0.3) is 5.91 Å². The first kappa shape index (κ1) is 18.0. The Morgan fingerprint density at radius 3 is 2.71 bits per heavy atom. The van der Waals surface area contributed by atoms with Crippen molar-refractivity contribution in [2.24, 2.45) is 7.05 Å². The number of hydrogen-bond donors (Lipinski definition) is 3. The number of nitrogens with zero attached hydrogens (tertiary/aromatic N) is 2. The van der Waals surface area contributed by atoms with Gasteiger partial charge in [0.05, 0.1) is 18.3 Å². The third-order valence-corrected chi connectivity index (χ3v) is 4.18. The quantitative estimate of drug-likeness (QED) is 0.728. The fourth-order valence-corrected chi connectivity index (χ4v) is 2.90. The van der Waals surface area contributed by atoms with Crippen LogP contribution in [-0.2, 0) is 7.05 Å². The molecule has 0 aliphatic heterocycles. The average Bonchev–Trinajstić information content (AvgIpc) is 2.83. The number of aryl methyl sites for hydroxylation is 2. The van der Waals surface area contributed by atoms with E-state index >= 15 is 0 Å². The van der Waals surface area contributed by atoms with Gasteiger partial charge in [0.1, 0.15) is 0 Å². The SMILES string of the molecule is CCC(Nc1cccc(C(=O)NCCO)c1)c1c(C)nn(C)c1C. The summed E-state index contributed by atoms with van der Waals surface area (Å²) in [5.41, 5.74) is 4.83. The van der Waals surface area contributed by atoms with E-state index in [1.165, 1.54) is 5.56 Å². The third-order valence-electron chi connectivity index (χ3n) is 4.18. The highest BCUT2D eigenvalue weighted by atomic mass is 16.3. The van der Waals surface area contributed by atoms with Crippen LogP contribution in [0.2, 0.25) is 0 Å². The van der Waals surface area contributed by atoms with Gasteiger partial charge in [-0.3, -0.25) is 9.48 Å². The maximum atomic E-state index is 12.0. The van der Waals surface area contributed by atoms with E-state index in [-0.39, 0.29) is 25.1 Å². The van der Waals surface area contributed by atoms with Crippen LogP contribution in [0.3, 0.4) is 0 Å². The summed E-state index contributed by atoms with van der Waals surface area (Å²) in [5.74, 6) is -0.186. The lowest BCUT2D eigenvalue weighted by Gasteiger charge is -2.19. The van der Waals surface area contributed by atoms with Gasteiger partial charge in [-0.05, 0) is 38.5 Å². The minimum absolute atomic E-state index is 0.0683. The summed E-state index contributed by atoms with van der Waals surface area (Å²) in [6.45, 7) is 6.40. The predicted octanol–water partition coefficient (Wildman–Crippen LogP) is 2.32. The Bertz CT molecular complexity index is 709. The first-order chi connectivity index (χ1) is 11.5. The van der Waals surface area contributed by atoms with Crippen LogP contribution >= 0.6 is 0 Å². The van der Waals surface area contributed by atoms with Crippen LogP contribution in [0.4, 0.5) is 5.69 Å². The van der Waals surface area contributed by atoms with Crippen LogP contribution in [0.5, 0.6) is 0 Å². The van der Waals surface area contributed by atoms with Crippen molar-refractivity contribution in [2.45, 2.75) is 33.2 Å². The first-order valence-corrected chi connectivity index (χ1v) is 8.23. The minimum Gasteiger partial charge on any atom is -0.395 e. The fourth-order valence-electron chi connectivity index (χ4n) is 2.90. The molecule has 0 radical (unpaired) electrons. The summed E-state index contributed by atoms with van der Waals surface area (Å²) in [6.07, 6.45) is 0.911. The minimum atomic E-state index is -0.186. The van der Waals surface area contributed by atoms with E-state index in [0.717, 1.165) is 23.5 Å². The topological polar surface area (TPSA) is 79.2 Å². The maximum Gasteiger partial charge on any atom is 0.251 e. The van der Waals surface area contributed by atoms with Gasteiger partial charge in [0.2, 0.25) is 0 Å². The number of benzene rings is 1. The van der Waals surface area contributed by atoms with Gasteiger partial charge in [-0.1, -0.05) is 13.0 Å². The van der Waals surface area contributed by atoms with E-state index < -0.39 is 0 Å². The lowest BCUT2D eigenvalue weighted by Crippen LogP contribution is -2.26. The lowest BCUT2D eigenvalue weighted by atomic mass is 10.0. The lowest BCUT2D eigenvalue weighted by molar-refractivity contribution is 0.0945. The predicted molar refractivity (Wildman–Crippen MR) is 95.2 cm³/mol. The molecule has 0 spiro atoms. The van der Waals surface area contributed by atoms with Crippen LogP contribution < -0.4 is 10.6 Å². The second kappa shape index (κ2) is 7.97. The molecule has 0 fully saturated rings. The van der Waals surface area contributed by atoms with E-state index in [2.05, 4.69) is 29.6 Å². The summed E-state index contributed by atoms with van der Waals surface area (Å²) < 4.78 is 1.90. The summed E-state index contributed by atoms with van der Waals surface area (Å²) in [4.78, 5) is 12.0. The van der Waals surface area contributed by atoms with Crippen LogP contribution in [-0.4, -0.2) is 33.9 Å². The van der Waals surface area contributed by atoms with Gasteiger partial charge < -0.3 is 15.7 Å². The summed E-state index contributed by atoms with van der Waals surface area (Å²) in [5, 5.41) is 19.5. The van der Waals surface area contributed by atoms with E-state index in [1.807, 2.05) is 36.9 Å². The highest BCUT2D eigenvalue weighted by Crippen LogP contribution is 2.27. The van der Waals surface area contributed by atoms with E-state index in [9.17, 15) is 4.79 Å². The molecule has 6 heteroatoms. The number of anilines is 1. The van der Waals surface area contributed by atoms with Crippen molar-refractivity contribution in [1.82, 2.24) is 15.1 Å². The maximum absolute atomic E-state index is 12.0. The molecule has 130 valence electrons. The van der Waals surface area contributed by atoms with Crippen molar-refractivity contribution < 1.29 is 9.90 Å². The van der Waals surface area contributed by atoms with Crippen molar-refractivity contribution >= 4 is 11.6 Å². The number of amides is 1. The van der Waals surface area contributed by atoms with Crippen LogP contribution in [0.1, 0.15) is 46.7 Å². The molecule has 0 aliphatic carbocycles. The molecule has 0 saturated carbocycles. The molecule has 6 nitrogen and oxygen atoms in total. The van der Waals surface area contributed by atoms with Crippen molar-refractivity contribution in [3.63, 3.8) is 0 Å². The zero-order chi connectivity index (χ0) is 17.7. The monoisotopic (exact) mass is 330 g/mol. The molecular weight excluding hydrogens is 304 g/mol. The Labute approximate surface area is 142 Å². The van der Waals surface area contributed by atoms with E-state index in [4.69, 9.17) is 5.11 Å². The standard InChI is InChI=1S/C18H26N4O2/c1-5-16(17-12(2)21-22(4)13(17)3)20-15-8-6-7-14(11-15)18(24)19-9-10-23/h6-8,11,16,20,23H,5,9-10H2,1-4H3,(H,19,24). The number of aliphatic hydroxyl groups is 1. The van der Waals surface area contributed by atoms with Crippen molar-refractivity contribution in [1.29, 1.82) is 0 Å². The van der Waals surface area contributed by atoms with E-state index in [1.54, 1.807) is 6.07 Å². The average molecular weight is 330 g/mol. The zero-order valence-corrected chi connectivity index (χ0v) is 14.8. The second-order valence-corrected chi connectivity index (χ2v) is 5.87. The first-order valence-electron chi connectivity index (χ1n) is 8.23. The smallest absolute Gasteiger partial charge is 0.251 e. The molecular formula is C18H26N4O2. The normalized spacial score (nSPS) is 12.0. The molecule has 2 aromatic rings. The summed E-state index contributed by atoms with van der Waals surface area (Å²) >= 11 is 0. The van der Waals surface area contributed by atoms with Crippen LogP contribution in [0.25, 0.3) is 0 Å². The van der Waals surface area contributed by atoms with Crippen molar-refractivity contribution in [2.75, 3.05) is 18.5 Å². The molecule has 1 atom stereocenters. The highest BCUT2D eigenvalue weighted by molar-refractivity contribution is 5.95. The molecule has 1 aromatic carbocycles. The molecule has 0 bridgehead atoms. The molecule has 0 saturated heterocycles. The summed E-state index contributed by atoms with van der Waals surface area (Å²) in [7, 11) is 1.95. The van der Waals surface area contributed by atoms with Gasteiger partial charge in [-0.2, -0.15) is 5.10 Å². The van der Waals surface area contributed by atoms with Crippen LogP contribution in [0.15, 0.2) is 24.3 Å². The third kappa shape index (κ3) is 3.94. The Morgan fingerprint density at radius 1 is 1.38 bits per heavy atom. The van der Waals surface area contributed by atoms with Gasteiger partial charge in [-0.15, -0.1) is 0 Å². The molecule has 1 amide bonds. The van der Waals surface area contributed by atoms with Gasteiger partial charge in [0, 0.05) is 36.1 Å². The molecule has 1 unspecified atom stereocenters. The molecule has 24 heavy (non-hydrogen) atoms. The Balaban J connectivity index is 2.21. The molecule has 0 aliphatic rings. The largest absolute Gasteiger partial charge is 0.395 e. The zero-order valence-electron chi connectivity index (χ0n) is 14.8. The number of nitrogens with one attached hydrogen (secondary N) is 2. The number of carbonyl (C=O) groups is 1. The molecule has 1 heterocycles.